The first-order valence-electron chi connectivity index (χ1n) is 8.39. The van der Waals surface area contributed by atoms with Gasteiger partial charge in [-0.3, -0.25) is 19.6 Å². The molecule has 0 fully saturated rings. The number of nitro groups is 1. The van der Waals surface area contributed by atoms with Crippen LogP contribution in [0.15, 0.2) is 18.2 Å². The van der Waals surface area contributed by atoms with Gasteiger partial charge < -0.3 is 10.4 Å². The number of hydrogen-bond donors (Lipinski definition) is 2. The molecule has 0 saturated heterocycles. The molecule has 0 radical (unpaired) electrons. The highest BCUT2D eigenvalue weighted by Crippen LogP contribution is 2.22. The molecule has 0 aliphatic heterocycles. The standard InChI is InChI=1S/C18H22N4O5/c1-10-7-11(2)9-14(8-10)16(18(24)25)19-15(23)5-6-21-13(4)17(22(26)27)12(3)20-21/h7-9,16H,5-6H2,1-4H3,(H,19,23)(H,24,25). The molecule has 1 unspecified atom stereocenters. The average molecular weight is 374 g/mol. The highest BCUT2D eigenvalue weighted by molar-refractivity contribution is 5.84. The van der Waals surface area contributed by atoms with Crippen LogP contribution in [0.1, 0.15) is 40.5 Å². The van der Waals surface area contributed by atoms with Gasteiger partial charge in [0.1, 0.15) is 11.4 Å². The van der Waals surface area contributed by atoms with Crippen LogP contribution in [0, 0.1) is 37.8 Å². The number of aromatic nitrogens is 2. The molecule has 0 aliphatic rings. The van der Waals surface area contributed by atoms with E-state index in [2.05, 4.69) is 10.4 Å². The van der Waals surface area contributed by atoms with Gasteiger partial charge in [0.25, 0.3) is 0 Å². The van der Waals surface area contributed by atoms with Gasteiger partial charge in [0, 0.05) is 6.42 Å². The summed E-state index contributed by atoms with van der Waals surface area (Å²) in [6.07, 6.45) is -0.0479. The summed E-state index contributed by atoms with van der Waals surface area (Å²) in [5.74, 6) is -1.63. The van der Waals surface area contributed by atoms with Gasteiger partial charge in [0.05, 0.1) is 11.5 Å². The van der Waals surface area contributed by atoms with Crippen molar-refractivity contribution in [1.82, 2.24) is 15.1 Å². The number of nitrogens with one attached hydrogen (secondary N) is 1. The van der Waals surface area contributed by atoms with E-state index >= 15 is 0 Å². The largest absolute Gasteiger partial charge is 0.479 e. The quantitative estimate of drug-likeness (QED) is 0.566. The first kappa shape index (κ1) is 20.1. The lowest BCUT2D eigenvalue weighted by molar-refractivity contribution is -0.386. The molecule has 1 atom stereocenters. The molecule has 1 aromatic heterocycles. The molecule has 1 amide bonds. The fourth-order valence-corrected chi connectivity index (χ4v) is 3.07. The molecule has 2 N–H and O–H groups in total. The Morgan fingerprint density at radius 3 is 2.30 bits per heavy atom. The normalized spacial score (nSPS) is 11.9. The highest BCUT2D eigenvalue weighted by Gasteiger charge is 2.24. The Hall–Kier alpha value is -3.23. The second-order valence-electron chi connectivity index (χ2n) is 6.51. The SMILES string of the molecule is Cc1cc(C)cc(C(NC(=O)CCn2nc(C)c([N+](=O)[O-])c2C)C(=O)O)c1. The van der Waals surface area contributed by atoms with Gasteiger partial charge in [0.2, 0.25) is 5.91 Å². The number of nitrogens with zero attached hydrogens (tertiary/aromatic N) is 3. The third kappa shape index (κ3) is 4.69. The van der Waals surface area contributed by atoms with Gasteiger partial charge in [0.15, 0.2) is 6.04 Å². The van der Waals surface area contributed by atoms with Crippen LogP contribution in [0.25, 0.3) is 0 Å². The minimum absolute atomic E-state index is 0.0479. The number of carbonyl (C=O) groups is 2. The summed E-state index contributed by atoms with van der Waals surface area (Å²) >= 11 is 0. The maximum atomic E-state index is 12.3. The molecular weight excluding hydrogens is 352 g/mol. The predicted molar refractivity (Wildman–Crippen MR) is 97.4 cm³/mol. The number of aliphatic carboxylic acids is 1. The fraction of sp³-hybridized carbons (Fsp3) is 0.389. The lowest BCUT2D eigenvalue weighted by atomic mass is 10.0. The van der Waals surface area contributed by atoms with Gasteiger partial charge in [-0.05, 0) is 33.3 Å². The summed E-state index contributed by atoms with van der Waals surface area (Å²) in [5, 5.41) is 27.1. The van der Waals surface area contributed by atoms with E-state index in [9.17, 15) is 24.8 Å². The van der Waals surface area contributed by atoms with Crippen LogP contribution in [0.5, 0.6) is 0 Å². The van der Waals surface area contributed by atoms with Gasteiger partial charge in [-0.2, -0.15) is 5.10 Å². The van der Waals surface area contributed by atoms with Crippen molar-refractivity contribution in [2.24, 2.45) is 0 Å². The number of carboxylic acid groups (broad SMARTS) is 1. The fourth-order valence-electron chi connectivity index (χ4n) is 3.07. The third-order valence-electron chi connectivity index (χ3n) is 4.21. The molecule has 0 spiro atoms. The zero-order valence-corrected chi connectivity index (χ0v) is 15.6. The zero-order chi connectivity index (χ0) is 20.3. The summed E-state index contributed by atoms with van der Waals surface area (Å²) in [5.41, 5.74) is 2.86. The Bertz CT molecular complexity index is 883. The van der Waals surface area contributed by atoms with E-state index in [0.717, 1.165) is 11.1 Å². The van der Waals surface area contributed by atoms with E-state index in [1.807, 2.05) is 19.9 Å². The van der Waals surface area contributed by atoms with E-state index < -0.39 is 22.8 Å². The molecule has 9 heteroatoms. The summed E-state index contributed by atoms with van der Waals surface area (Å²) in [4.78, 5) is 34.4. The van der Waals surface area contributed by atoms with Crippen molar-refractivity contribution in [1.29, 1.82) is 0 Å². The highest BCUT2D eigenvalue weighted by atomic mass is 16.6. The number of carbonyl (C=O) groups excluding carboxylic acids is 1. The molecule has 27 heavy (non-hydrogen) atoms. The predicted octanol–water partition coefficient (Wildman–Crippen LogP) is 2.36. The van der Waals surface area contributed by atoms with Crippen LogP contribution < -0.4 is 5.32 Å². The molecular formula is C18H22N4O5. The Morgan fingerprint density at radius 1 is 1.22 bits per heavy atom. The monoisotopic (exact) mass is 374 g/mol. The van der Waals surface area contributed by atoms with Gasteiger partial charge in [-0.15, -0.1) is 0 Å². The molecule has 0 aliphatic carbocycles. The van der Waals surface area contributed by atoms with Gasteiger partial charge in [-0.25, -0.2) is 4.79 Å². The Kier molecular flexibility index (Phi) is 5.94. The van der Waals surface area contributed by atoms with Crippen molar-refractivity contribution in [3.63, 3.8) is 0 Å². The summed E-state index contributed by atoms with van der Waals surface area (Å²) in [6.45, 7) is 6.92. The molecule has 2 rings (SSSR count). The van der Waals surface area contributed by atoms with Crippen molar-refractivity contribution in [2.45, 2.75) is 46.7 Å². The third-order valence-corrected chi connectivity index (χ3v) is 4.21. The van der Waals surface area contributed by atoms with Crippen molar-refractivity contribution in [3.8, 4) is 0 Å². The van der Waals surface area contributed by atoms with Crippen LogP contribution in [0.2, 0.25) is 0 Å². The molecule has 1 aromatic carbocycles. The minimum atomic E-state index is -1.16. The number of benzene rings is 1. The Labute approximate surface area is 156 Å². The van der Waals surface area contributed by atoms with E-state index in [0.29, 0.717) is 11.3 Å². The summed E-state index contributed by atoms with van der Waals surface area (Å²) < 4.78 is 1.39. The summed E-state index contributed by atoms with van der Waals surface area (Å²) in [6, 6.07) is 4.19. The second kappa shape index (κ2) is 7.98. The number of rotatable bonds is 7. The van der Waals surface area contributed by atoms with E-state index in [4.69, 9.17) is 0 Å². The maximum absolute atomic E-state index is 12.3. The van der Waals surface area contributed by atoms with Crippen LogP contribution in [-0.2, 0) is 16.1 Å². The first-order valence-corrected chi connectivity index (χ1v) is 8.39. The average Bonchev–Trinajstić information content (AvgIpc) is 2.83. The van der Waals surface area contributed by atoms with Crippen molar-refractivity contribution < 1.29 is 19.6 Å². The molecule has 0 bridgehead atoms. The van der Waals surface area contributed by atoms with Gasteiger partial charge in [-0.1, -0.05) is 29.3 Å². The summed E-state index contributed by atoms with van der Waals surface area (Å²) in [7, 11) is 0. The van der Waals surface area contributed by atoms with Crippen LogP contribution >= 0.6 is 0 Å². The van der Waals surface area contributed by atoms with Crippen molar-refractivity contribution >= 4 is 17.6 Å². The number of carboxylic acids is 1. The molecule has 2 aromatic rings. The van der Waals surface area contributed by atoms with Gasteiger partial charge >= 0.3 is 11.7 Å². The number of hydrogen-bond acceptors (Lipinski definition) is 5. The molecule has 1 heterocycles. The minimum Gasteiger partial charge on any atom is -0.479 e. The Morgan fingerprint density at radius 2 is 1.81 bits per heavy atom. The van der Waals surface area contributed by atoms with Crippen LogP contribution in [-0.4, -0.2) is 31.7 Å². The second-order valence-corrected chi connectivity index (χ2v) is 6.51. The molecule has 9 nitrogen and oxygen atoms in total. The smallest absolute Gasteiger partial charge is 0.330 e. The zero-order valence-electron chi connectivity index (χ0n) is 15.6. The number of aryl methyl sites for hydroxylation is 4. The van der Waals surface area contributed by atoms with E-state index in [1.165, 1.54) is 11.6 Å². The van der Waals surface area contributed by atoms with Crippen LogP contribution in [0.4, 0.5) is 5.69 Å². The lowest BCUT2D eigenvalue weighted by Gasteiger charge is -2.16. The molecule has 144 valence electrons. The molecule has 0 saturated carbocycles. The maximum Gasteiger partial charge on any atom is 0.330 e. The number of amides is 1. The van der Waals surface area contributed by atoms with Crippen molar-refractivity contribution in [3.05, 3.63) is 56.4 Å². The van der Waals surface area contributed by atoms with E-state index in [1.54, 1.807) is 19.1 Å². The lowest BCUT2D eigenvalue weighted by Crippen LogP contribution is -2.34. The van der Waals surface area contributed by atoms with Crippen molar-refractivity contribution in [2.75, 3.05) is 0 Å². The Balaban J connectivity index is 2.10. The topological polar surface area (TPSA) is 127 Å². The van der Waals surface area contributed by atoms with E-state index in [-0.39, 0.29) is 24.3 Å². The van der Waals surface area contributed by atoms with Crippen LogP contribution in [0.3, 0.4) is 0 Å². The first-order chi connectivity index (χ1) is 12.6.